The Labute approximate surface area is 110 Å². The number of nitrogens with one attached hydrogen (secondary N) is 1. The van der Waals surface area contributed by atoms with Gasteiger partial charge in [0.15, 0.2) is 0 Å². The smallest absolute Gasteiger partial charge is 0.273 e. The second-order valence-corrected chi connectivity index (χ2v) is 4.26. The molecule has 94 valence electrons. The predicted octanol–water partition coefficient (Wildman–Crippen LogP) is 2.84. The summed E-state index contributed by atoms with van der Waals surface area (Å²) in [4.78, 5) is 11.5. The molecule has 3 rings (SSSR count). The molecule has 0 bridgehead atoms. The van der Waals surface area contributed by atoms with Gasteiger partial charge in [0.25, 0.3) is 5.91 Å². The molecular formula is C15H12N2O2. The second-order valence-electron chi connectivity index (χ2n) is 4.26. The Kier molecular flexibility index (Phi) is 2.76. The molecule has 0 spiro atoms. The summed E-state index contributed by atoms with van der Waals surface area (Å²) >= 11 is 0. The minimum absolute atomic E-state index is 0.199. The number of benzene rings is 1. The fraction of sp³-hybridized carbons (Fsp3) is 0.0667. The molecule has 0 radical (unpaired) electrons. The lowest BCUT2D eigenvalue weighted by Crippen LogP contribution is -2.12. The van der Waals surface area contributed by atoms with Gasteiger partial charge in [-0.05, 0) is 25.1 Å². The molecule has 1 aliphatic rings. The second kappa shape index (κ2) is 4.57. The van der Waals surface area contributed by atoms with Crippen molar-refractivity contribution < 1.29 is 9.21 Å². The predicted molar refractivity (Wildman–Crippen MR) is 73.4 cm³/mol. The third-order valence-corrected chi connectivity index (χ3v) is 2.93. The van der Waals surface area contributed by atoms with Crippen LogP contribution in [-0.4, -0.2) is 11.6 Å². The van der Waals surface area contributed by atoms with Gasteiger partial charge in [0.05, 0.1) is 11.3 Å². The molecule has 1 aromatic carbocycles. The average Bonchev–Trinajstić information content (AvgIpc) is 3.02. The Balaban J connectivity index is 1.93. The lowest BCUT2D eigenvalue weighted by molar-refractivity contribution is -0.116. The van der Waals surface area contributed by atoms with E-state index in [1.165, 1.54) is 0 Å². The summed E-state index contributed by atoms with van der Waals surface area (Å²) in [5.41, 5.74) is 4.63. The van der Waals surface area contributed by atoms with Gasteiger partial charge in [0, 0.05) is 5.56 Å². The normalized spacial score (nSPS) is 16.6. The van der Waals surface area contributed by atoms with Crippen LogP contribution in [0.5, 0.6) is 0 Å². The maximum absolute atomic E-state index is 11.5. The lowest BCUT2D eigenvalue weighted by atomic mass is 10.1. The van der Waals surface area contributed by atoms with Gasteiger partial charge in [-0.1, -0.05) is 30.3 Å². The molecule has 19 heavy (non-hydrogen) atoms. The zero-order valence-electron chi connectivity index (χ0n) is 10.4. The van der Waals surface area contributed by atoms with Gasteiger partial charge in [0.2, 0.25) is 0 Å². The molecule has 0 aliphatic carbocycles. The summed E-state index contributed by atoms with van der Waals surface area (Å²) in [7, 11) is 0. The highest BCUT2D eigenvalue weighted by Crippen LogP contribution is 2.23. The standard InChI is InChI=1S/C15H12N2O2/c1-10-13(15(18)17-16-10)9-12-7-8-14(19-12)11-5-3-2-4-6-11/h2-9H,1H3,(H,17,18)/b13-9+. The molecule has 1 aliphatic heterocycles. The fourth-order valence-corrected chi connectivity index (χ4v) is 1.92. The van der Waals surface area contributed by atoms with E-state index in [0.29, 0.717) is 17.0 Å². The molecule has 4 nitrogen and oxygen atoms in total. The van der Waals surface area contributed by atoms with Gasteiger partial charge in [0.1, 0.15) is 11.5 Å². The number of hydrogen-bond donors (Lipinski definition) is 1. The van der Waals surface area contributed by atoms with Crippen LogP contribution in [0, 0.1) is 0 Å². The van der Waals surface area contributed by atoms with Gasteiger partial charge in [-0.15, -0.1) is 0 Å². The average molecular weight is 252 g/mol. The van der Waals surface area contributed by atoms with Crippen LogP contribution in [0.2, 0.25) is 0 Å². The molecular weight excluding hydrogens is 240 g/mol. The van der Waals surface area contributed by atoms with Crippen LogP contribution >= 0.6 is 0 Å². The van der Waals surface area contributed by atoms with Crippen LogP contribution in [0.1, 0.15) is 12.7 Å². The molecule has 2 heterocycles. The van der Waals surface area contributed by atoms with Gasteiger partial charge in [-0.3, -0.25) is 4.79 Å². The Morgan fingerprint density at radius 2 is 1.95 bits per heavy atom. The third kappa shape index (κ3) is 2.20. The van der Waals surface area contributed by atoms with Crippen LogP contribution in [0.3, 0.4) is 0 Å². The first kappa shape index (κ1) is 11.5. The van der Waals surface area contributed by atoms with Crippen molar-refractivity contribution in [3.05, 3.63) is 53.8 Å². The van der Waals surface area contributed by atoms with E-state index < -0.39 is 0 Å². The number of furan rings is 1. The minimum Gasteiger partial charge on any atom is -0.457 e. The Bertz CT molecular complexity index is 681. The highest BCUT2D eigenvalue weighted by atomic mass is 16.3. The van der Waals surface area contributed by atoms with Crippen molar-refractivity contribution in [2.75, 3.05) is 0 Å². The topological polar surface area (TPSA) is 54.6 Å². The number of rotatable bonds is 2. The summed E-state index contributed by atoms with van der Waals surface area (Å²) in [6, 6.07) is 13.6. The molecule has 1 amide bonds. The first-order valence-electron chi connectivity index (χ1n) is 5.96. The number of hydrogen-bond acceptors (Lipinski definition) is 3. The third-order valence-electron chi connectivity index (χ3n) is 2.93. The largest absolute Gasteiger partial charge is 0.457 e. The maximum atomic E-state index is 11.5. The number of nitrogens with zero attached hydrogens (tertiary/aromatic N) is 1. The highest BCUT2D eigenvalue weighted by molar-refractivity contribution is 6.26. The van der Waals surface area contributed by atoms with E-state index in [0.717, 1.165) is 11.3 Å². The molecule has 1 aromatic heterocycles. The summed E-state index contributed by atoms with van der Waals surface area (Å²) in [5, 5.41) is 3.87. The zero-order valence-corrected chi connectivity index (χ0v) is 10.4. The van der Waals surface area contributed by atoms with Gasteiger partial charge < -0.3 is 4.42 Å². The number of hydrazone groups is 1. The Morgan fingerprint density at radius 3 is 2.63 bits per heavy atom. The molecule has 0 unspecified atom stereocenters. The summed E-state index contributed by atoms with van der Waals surface area (Å²) in [6.07, 6.45) is 1.70. The van der Waals surface area contributed by atoms with Crippen molar-refractivity contribution in [1.82, 2.24) is 5.43 Å². The summed E-state index contributed by atoms with van der Waals surface area (Å²) in [6.45, 7) is 1.78. The monoisotopic (exact) mass is 252 g/mol. The Morgan fingerprint density at radius 1 is 1.16 bits per heavy atom. The highest BCUT2D eigenvalue weighted by Gasteiger charge is 2.19. The first-order chi connectivity index (χ1) is 9.24. The van der Waals surface area contributed by atoms with Crippen LogP contribution in [0.15, 0.2) is 57.6 Å². The van der Waals surface area contributed by atoms with Gasteiger partial charge >= 0.3 is 0 Å². The molecule has 0 saturated heterocycles. The van der Waals surface area contributed by atoms with Gasteiger partial charge in [-0.2, -0.15) is 5.10 Å². The van der Waals surface area contributed by atoms with Crippen LogP contribution < -0.4 is 5.43 Å². The van der Waals surface area contributed by atoms with Crippen LogP contribution in [0.25, 0.3) is 17.4 Å². The van der Waals surface area contributed by atoms with Crippen LogP contribution in [0.4, 0.5) is 0 Å². The van der Waals surface area contributed by atoms with Gasteiger partial charge in [-0.25, -0.2) is 5.43 Å². The van der Waals surface area contributed by atoms with E-state index in [9.17, 15) is 4.79 Å². The number of carbonyl (C=O) groups excluding carboxylic acids is 1. The molecule has 0 atom stereocenters. The minimum atomic E-state index is -0.199. The van der Waals surface area contributed by atoms with Crippen molar-refractivity contribution in [3.63, 3.8) is 0 Å². The molecule has 4 heteroatoms. The van der Waals surface area contributed by atoms with E-state index in [-0.39, 0.29) is 5.91 Å². The van der Waals surface area contributed by atoms with Crippen molar-refractivity contribution in [2.24, 2.45) is 5.10 Å². The molecule has 1 N–H and O–H groups in total. The van der Waals surface area contributed by atoms with E-state index >= 15 is 0 Å². The molecule has 0 fully saturated rings. The first-order valence-corrected chi connectivity index (χ1v) is 5.96. The Hall–Kier alpha value is -2.62. The SMILES string of the molecule is CC1=NNC(=O)/C1=C/c1ccc(-c2ccccc2)o1. The quantitative estimate of drug-likeness (QED) is 0.835. The maximum Gasteiger partial charge on any atom is 0.273 e. The van der Waals surface area contributed by atoms with Crippen molar-refractivity contribution in [3.8, 4) is 11.3 Å². The van der Waals surface area contributed by atoms with E-state index in [2.05, 4.69) is 10.5 Å². The number of carbonyl (C=O) groups is 1. The summed E-state index contributed by atoms with van der Waals surface area (Å²) in [5.74, 6) is 1.22. The zero-order chi connectivity index (χ0) is 13.2. The fourth-order valence-electron chi connectivity index (χ4n) is 1.92. The van der Waals surface area contributed by atoms with Crippen LogP contribution in [-0.2, 0) is 4.79 Å². The summed E-state index contributed by atoms with van der Waals surface area (Å²) < 4.78 is 5.72. The molecule has 0 saturated carbocycles. The lowest BCUT2D eigenvalue weighted by Gasteiger charge is -1.95. The van der Waals surface area contributed by atoms with E-state index in [1.54, 1.807) is 13.0 Å². The van der Waals surface area contributed by atoms with E-state index in [4.69, 9.17) is 4.42 Å². The number of amides is 1. The van der Waals surface area contributed by atoms with Crippen molar-refractivity contribution in [1.29, 1.82) is 0 Å². The van der Waals surface area contributed by atoms with E-state index in [1.807, 2.05) is 42.5 Å². The molecule has 2 aromatic rings. The van der Waals surface area contributed by atoms with Crippen molar-refractivity contribution in [2.45, 2.75) is 6.92 Å². The van der Waals surface area contributed by atoms with Crippen molar-refractivity contribution >= 4 is 17.7 Å².